The van der Waals surface area contributed by atoms with Gasteiger partial charge in [0.15, 0.2) is 6.61 Å². The summed E-state index contributed by atoms with van der Waals surface area (Å²) >= 11 is 0. The second kappa shape index (κ2) is 11.1. The molecule has 156 valence electrons. The van der Waals surface area contributed by atoms with Gasteiger partial charge in [0, 0.05) is 0 Å². The van der Waals surface area contributed by atoms with Crippen LogP contribution in [-0.4, -0.2) is 38.2 Å². The van der Waals surface area contributed by atoms with E-state index in [-0.39, 0.29) is 18.4 Å². The molecule has 0 aliphatic heterocycles. The number of hydroxylamine groups is 1. The van der Waals surface area contributed by atoms with Crippen molar-refractivity contribution in [2.45, 2.75) is 26.2 Å². The Morgan fingerprint density at radius 1 is 0.931 bits per heavy atom. The van der Waals surface area contributed by atoms with Gasteiger partial charge in [-0.25, -0.2) is 5.48 Å². The summed E-state index contributed by atoms with van der Waals surface area (Å²) < 4.78 is 10.9. The predicted molar refractivity (Wildman–Crippen MR) is 110 cm³/mol. The fraction of sp³-hybridized carbons (Fsp3) is 0.364. The largest absolute Gasteiger partial charge is 0.494 e. The molecule has 0 saturated heterocycles. The van der Waals surface area contributed by atoms with E-state index in [4.69, 9.17) is 14.3 Å². The first-order chi connectivity index (χ1) is 13.9. The molecule has 2 aromatic rings. The van der Waals surface area contributed by atoms with Crippen LogP contribution in [0.4, 0.5) is 0 Å². The Kier molecular flexibility index (Phi) is 8.48. The summed E-state index contributed by atoms with van der Waals surface area (Å²) in [5.74, 6) is 0.797. The lowest BCUT2D eigenvalue weighted by Gasteiger charge is -2.23. The van der Waals surface area contributed by atoms with Crippen molar-refractivity contribution in [2.24, 2.45) is 0 Å². The van der Waals surface area contributed by atoms with Gasteiger partial charge in [0.2, 0.25) is 5.91 Å². The lowest BCUT2D eigenvalue weighted by Crippen LogP contribution is -2.42. The minimum Gasteiger partial charge on any atom is -0.494 e. The van der Waals surface area contributed by atoms with Gasteiger partial charge in [-0.15, -0.1) is 0 Å². The molecule has 0 aromatic heterocycles. The Morgan fingerprint density at radius 2 is 1.55 bits per heavy atom. The maximum absolute atomic E-state index is 12.3. The van der Waals surface area contributed by atoms with Crippen molar-refractivity contribution in [3.63, 3.8) is 0 Å². The molecule has 0 aliphatic carbocycles. The lowest BCUT2D eigenvalue weighted by atomic mass is 9.84. The molecule has 2 rings (SSSR count). The molecule has 2 aromatic carbocycles. The zero-order valence-corrected chi connectivity index (χ0v) is 17.1. The highest BCUT2D eigenvalue weighted by Gasteiger charge is 2.29. The number of hydrogen-bond acceptors (Lipinski definition) is 5. The third kappa shape index (κ3) is 7.12. The van der Waals surface area contributed by atoms with Gasteiger partial charge in [-0.05, 0) is 50.6 Å². The molecule has 0 heterocycles. The Bertz CT molecular complexity index is 776. The Balaban J connectivity index is 1.62. The molecule has 2 amide bonds. The van der Waals surface area contributed by atoms with Gasteiger partial charge in [0.1, 0.15) is 18.1 Å². The van der Waals surface area contributed by atoms with Crippen molar-refractivity contribution in [1.29, 1.82) is 0 Å². The van der Waals surface area contributed by atoms with Crippen molar-refractivity contribution in [2.75, 3.05) is 26.4 Å². The molecule has 0 unspecified atom stereocenters. The second-order valence-corrected chi connectivity index (χ2v) is 6.81. The van der Waals surface area contributed by atoms with Crippen molar-refractivity contribution in [3.8, 4) is 11.5 Å². The third-order valence-corrected chi connectivity index (χ3v) is 4.26. The maximum atomic E-state index is 12.3. The number of carbonyl (C=O) groups excluding carboxylic acids is 2. The van der Waals surface area contributed by atoms with Gasteiger partial charge in [-0.2, -0.15) is 0 Å². The first-order valence-corrected chi connectivity index (χ1v) is 9.53. The van der Waals surface area contributed by atoms with Crippen LogP contribution in [0, 0.1) is 0 Å². The predicted octanol–water partition coefficient (Wildman–Crippen LogP) is 2.61. The molecule has 29 heavy (non-hydrogen) atoms. The van der Waals surface area contributed by atoms with Crippen LogP contribution in [-0.2, 0) is 19.8 Å². The number of hydrogen-bond donors (Lipinski definition) is 2. The Morgan fingerprint density at radius 3 is 2.17 bits per heavy atom. The summed E-state index contributed by atoms with van der Waals surface area (Å²) in [6.45, 7) is 6.47. The number of benzene rings is 2. The number of ether oxygens (including phenoxy) is 2. The van der Waals surface area contributed by atoms with E-state index in [2.05, 4.69) is 10.8 Å². The van der Waals surface area contributed by atoms with E-state index in [9.17, 15) is 9.59 Å². The Hall–Kier alpha value is -3.06. The number of amides is 2. The van der Waals surface area contributed by atoms with Gasteiger partial charge in [0.25, 0.3) is 5.91 Å². The van der Waals surface area contributed by atoms with Gasteiger partial charge in [0.05, 0.1) is 18.6 Å². The first kappa shape index (κ1) is 22.2. The van der Waals surface area contributed by atoms with E-state index in [0.29, 0.717) is 25.5 Å². The van der Waals surface area contributed by atoms with Gasteiger partial charge < -0.3 is 14.8 Å². The fourth-order valence-corrected chi connectivity index (χ4v) is 2.49. The van der Waals surface area contributed by atoms with Crippen molar-refractivity contribution < 1.29 is 23.9 Å². The molecular weight excluding hydrogens is 372 g/mol. The van der Waals surface area contributed by atoms with Gasteiger partial charge in [-0.1, -0.05) is 30.3 Å². The number of nitrogens with one attached hydrogen (secondary N) is 2. The van der Waals surface area contributed by atoms with E-state index in [1.165, 1.54) is 0 Å². The highest BCUT2D eigenvalue weighted by Crippen LogP contribution is 2.22. The van der Waals surface area contributed by atoms with E-state index in [1.54, 1.807) is 26.0 Å². The van der Waals surface area contributed by atoms with E-state index < -0.39 is 5.41 Å². The molecule has 7 heteroatoms. The fourth-order valence-electron chi connectivity index (χ4n) is 2.49. The van der Waals surface area contributed by atoms with E-state index in [0.717, 1.165) is 11.3 Å². The highest BCUT2D eigenvalue weighted by molar-refractivity contribution is 5.86. The maximum Gasteiger partial charge on any atom is 0.253 e. The van der Waals surface area contributed by atoms with Crippen LogP contribution in [0.15, 0.2) is 54.6 Å². The zero-order valence-electron chi connectivity index (χ0n) is 17.1. The zero-order chi connectivity index (χ0) is 21.1. The van der Waals surface area contributed by atoms with E-state index in [1.807, 2.05) is 49.4 Å². The average Bonchev–Trinajstić information content (AvgIpc) is 2.73. The van der Waals surface area contributed by atoms with Crippen LogP contribution in [0.2, 0.25) is 0 Å². The molecule has 0 aliphatic rings. The van der Waals surface area contributed by atoms with Crippen LogP contribution in [0.3, 0.4) is 0 Å². The quantitative estimate of drug-likeness (QED) is 0.447. The normalized spacial score (nSPS) is 10.9. The minimum atomic E-state index is -0.775. The van der Waals surface area contributed by atoms with Crippen molar-refractivity contribution in [3.05, 3.63) is 60.2 Å². The van der Waals surface area contributed by atoms with Crippen LogP contribution >= 0.6 is 0 Å². The molecule has 0 saturated carbocycles. The number of carbonyl (C=O) groups is 2. The SMILES string of the molecule is CCOc1ccc(OCCNC(=O)CONC(=O)C(C)(C)c2ccccc2)cc1. The number of rotatable bonds is 11. The van der Waals surface area contributed by atoms with Crippen molar-refractivity contribution in [1.82, 2.24) is 10.8 Å². The summed E-state index contributed by atoms with van der Waals surface area (Å²) in [5, 5.41) is 2.66. The minimum absolute atomic E-state index is 0.278. The third-order valence-electron chi connectivity index (χ3n) is 4.26. The summed E-state index contributed by atoms with van der Waals surface area (Å²) in [6.07, 6.45) is 0. The van der Waals surface area contributed by atoms with Crippen LogP contribution in [0.5, 0.6) is 11.5 Å². The average molecular weight is 400 g/mol. The first-order valence-electron chi connectivity index (χ1n) is 9.53. The molecule has 0 bridgehead atoms. The molecule has 2 N–H and O–H groups in total. The molecule has 0 fully saturated rings. The highest BCUT2D eigenvalue weighted by atomic mass is 16.7. The topological polar surface area (TPSA) is 85.9 Å². The Labute approximate surface area is 171 Å². The summed E-state index contributed by atoms with van der Waals surface area (Å²) in [5.41, 5.74) is 2.43. The van der Waals surface area contributed by atoms with Crippen molar-refractivity contribution >= 4 is 11.8 Å². The smallest absolute Gasteiger partial charge is 0.253 e. The lowest BCUT2D eigenvalue weighted by molar-refractivity contribution is -0.142. The molecule has 0 spiro atoms. The van der Waals surface area contributed by atoms with Crippen LogP contribution in [0.1, 0.15) is 26.3 Å². The molecule has 0 atom stereocenters. The molecule has 0 radical (unpaired) electrons. The monoisotopic (exact) mass is 400 g/mol. The molecular formula is C22H28N2O5. The second-order valence-electron chi connectivity index (χ2n) is 6.81. The van der Waals surface area contributed by atoms with Crippen LogP contribution in [0.25, 0.3) is 0 Å². The van der Waals surface area contributed by atoms with E-state index >= 15 is 0 Å². The summed E-state index contributed by atoms with van der Waals surface area (Å²) in [6, 6.07) is 16.6. The summed E-state index contributed by atoms with van der Waals surface area (Å²) in [4.78, 5) is 29.2. The van der Waals surface area contributed by atoms with Crippen LogP contribution < -0.4 is 20.3 Å². The van der Waals surface area contributed by atoms with Gasteiger partial charge >= 0.3 is 0 Å². The van der Waals surface area contributed by atoms with Gasteiger partial charge in [-0.3, -0.25) is 14.4 Å². The standard InChI is InChI=1S/C22H28N2O5/c1-4-27-18-10-12-19(13-11-18)28-15-14-23-20(25)16-29-24-21(26)22(2,3)17-8-6-5-7-9-17/h5-13H,4,14-16H2,1-3H3,(H,23,25)(H,24,26). The molecule has 7 nitrogen and oxygen atoms in total. The summed E-state index contributed by atoms with van der Waals surface area (Å²) in [7, 11) is 0.